The molecule has 8 unspecified atom stereocenters. The van der Waals surface area contributed by atoms with Gasteiger partial charge in [-0.1, -0.05) is 53.2 Å². The topological polar surface area (TPSA) is 109 Å². The van der Waals surface area contributed by atoms with Gasteiger partial charge in [0, 0.05) is 28.2 Å². The van der Waals surface area contributed by atoms with Crippen LogP contribution >= 0.6 is 0 Å². The molecule has 2 heterocycles. The molecule has 5 rings (SSSR count). The van der Waals surface area contributed by atoms with E-state index in [2.05, 4.69) is 6.92 Å². The van der Waals surface area contributed by atoms with E-state index in [1.807, 2.05) is 32.9 Å². The van der Waals surface area contributed by atoms with E-state index in [0.29, 0.717) is 6.42 Å². The van der Waals surface area contributed by atoms with Crippen LogP contribution in [0.15, 0.2) is 34.7 Å². The number of ether oxygens (including phenoxy) is 3. The fraction of sp³-hybridized carbons (Fsp3) is 0.677. The number of carbonyl (C=O) groups excluding carboxylic acids is 4. The number of esters is 3. The number of fused-ring (bicyclic) bond motifs is 6. The number of Topliss-reactive ketones (excluding diaryl/α,β-unsaturated/α-hetero) is 1. The van der Waals surface area contributed by atoms with E-state index < -0.39 is 46.3 Å². The molecule has 8 nitrogen and oxygen atoms in total. The van der Waals surface area contributed by atoms with Gasteiger partial charge in [-0.2, -0.15) is 0 Å². The number of methoxy groups -OCH3 is 1. The van der Waals surface area contributed by atoms with E-state index in [0.717, 1.165) is 17.6 Å². The second-order valence-corrected chi connectivity index (χ2v) is 13.3. The first kappa shape index (κ1) is 27.7. The largest absolute Gasteiger partial charge is 0.472 e. The average molecular weight is 541 g/mol. The van der Waals surface area contributed by atoms with Crippen molar-refractivity contribution in [1.29, 1.82) is 0 Å². The van der Waals surface area contributed by atoms with Gasteiger partial charge in [0.2, 0.25) is 0 Å². The lowest BCUT2D eigenvalue weighted by Gasteiger charge is -2.63. The zero-order chi connectivity index (χ0) is 28.5. The van der Waals surface area contributed by atoms with E-state index >= 15 is 0 Å². The predicted octanol–water partition coefficient (Wildman–Crippen LogP) is 5.22. The van der Waals surface area contributed by atoms with Crippen molar-refractivity contribution in [1.82, 2.24) is 0 Å². The van der Waals surface area contributed by atoms with E-state index in [4.69, 9.17) is 18.6 Å². The minimum Gasteiger partial charge on any atom is -0.472 e. The van der Waals surface area contributed by atoms with Crippen LogP contribution in [0.1, 0.15) is 78.9 Å². The highest BCUT2D eigenvalue weighted by molar-refractivity contribution is 5.93. The van der Waals surface area contributed by atoms with Crippen LogP contribution in [0.3, 0.4) is 0 Å². The molecule has 0 aromatic carbocycles. The fourth-order valence-electron chi connectivity index (χ4n) is 8.42. The molecular weight excluding hydrogens is 500 g/mol. The summed E-state index contributed by atoms with van der Waals surface area (Å²) in [6, 6.07) is 1.84. The Labute approximate surface area is 229 Å². The number of carbonyl (C=O) groups is 4. The maximum Gasteiger partial charge on any atom is 0.308 e. The summed E-state index contributed by atoms with van der Waals surface area (Å²) in [5.74, 6) is -2.83. The molecule has 2 bridgehead atoms. The Morgan fingerprint density at radius 3 is 2.46 bits per heavy atom. The van der Waals surface area contributed by atoms with Gasteiger partial charge in [-0.15, -0.1) is 0 Å². The van der Waals surface area contributed by atoms with Gasteiger partial charge in [-0.25, -0.2) is 0 Å². The number of rotatable bonds is 5. The molecule has 0 spiro atoms. The molecule has 0 radical (unpaired) electrons. The number of hydrogen-bond acceptors (Lipinski definition) is 8. The molecule has 0 N–H and O–H groups in total. The summed E-state index contributed by atoms with van der Waals surface area (Å²) in [5.41, 5.74) is -0.0955. The molecule has 8 heteroatoms. The first-order valence-corrected chi connectivity index (χ1v) is 14.0. The van der Waals surface area contributed by atoms with Crippen molar-refractivity contribution in [3.05, 3.63) is 35.8 Å². The monoisotopic (exact) mass is 540 g/mol. The molecule has 4 aliphatic rings. The normalized spacial score (nSPS) is 38.7. The SMILES string of the molecule is COC(=O)CC1C(C)(C)C(OC(=O)C(C)C)C2C=C3C4CC(=O)OC(c5ccoc5)C4(C)CCC3C1(C)C2=O. The van der Waals surface area contributed by atoms with E-state index in [1.54, 1.807) is 26.4 Å². The summed E-state index contributed by atoms with van der Waals surface area (Å²) in [4.78, 5) is 53.0. The number of ketones is 1. The van der Waals surface area contributed by atoms with Crippen molar-refractivity contribution in [2.45, 2.75) is 79.4 Å². The fourth-order valence-corrected chi connectivity index (χ4v) is 8.42. The second-order valence-electron chi connectivity index (χ2n) is 13.3. The molecule has 1 aliphatic heterocycles. The van der Waals surface area contributed by atoms with Crippen molar-refractivity contribution in [3.8, 4) is 0 Å². The molecular formula is C31H40O8. The summed E-state index contributed by atoms with van der Waals surface area (Å²) >= 11 is 0. The van der Waals surface area contributed by atoms with Gasteiger partial charge in [-0.05, 0) is 36.7 Å². The quantitative estimate of drug-likeness (QED) is 0.284. The number of allylic oxidation sites excluding steroid dienone is 1. The highest BCUT2D eigenvalue weighted by atomic mass is 16.6. The van der Waals surface area contributed by atoms with Crippen LogP contribution in [0.2, 0.25) is 0 Å². The Morgan fingerprint density at radius 1 is 1.13 bits per heavy atom. The Morgan fingerprint density at radius 2 is 1.85 bits per heavy atom. The highest BCUT2D eigenvalue weighted by Gasteiger charge is 2.69. The van der Waals surface area contributed by atoms with Gasteiger partial charge in [-0.3, -0.25) is 19.2 Å². The van der Waals surface area contributed by atoms with Crippen LogP contribution < -0.4 is 0 Å². The Balaban J connectivity index is 1.66. The third kappa shape index (κ3) is 4.00. The van der Waals surface area contributed by atoms with Gasteiger partial charge in [0.05, 0.1) is 37.9 Å². The molecule has 2 saturated carbocycles. The molecule has 8 atom stereocenters. The lowest BCUT2D eigenvalue weighted by Crippen LogP contribution is -2.66. The number of cyclic esters (lactones) is 1. The Kier molecular flexibility index (Phi) is 6.62. The Bertz CT molecular complexity index is 1210. The third-order valence-electron chi connectivity index (χ3n) is 10.6. The van der Waals surface area contributed by atoms with E-state index in [1.165, 1.54) is 7.11 Å². The van der Waals surface area contributed by atoms with Gasteiger partial charge in [0.1, 0.15) is 18.0 Å². The number of hydrogen-bond donors (Lipinski definition) is 0. The van der Waals surface area contributed by atoms with Crippen molar-refractivity contribution < 1.29 is 37.8 Å². The van der Waals surface area contributed by atoms with Gasteiger partial charge in [0.15, 0.2) is 0 Å². The van der Waals surface area contributed by atoms with E-state index in [-0.39, 0.29) is 48.3 Å². The molecule has 1 aromatic rings. The summed E-state index contributed by atoms with van der Waals surface area (Å²) < 4.78 is 22.4. The minimum atomic E-state index is -0.888. The van der Waals surface area contributed by atoms with Gasteiger partial charge < -0.3 is 18.6 Å². The smallest absolute Gasteiger partial charge is 0.308 e. The average Bonchev–Trinajstić information content (AvgIpc) is 3.41. The summed E-state index contributed by atoms with van der Waals surface area (Å²) in [6.07, 6.45) is 5.72. The zero-order valence-corrected chi connectivity index (χ0v) is 23.9. The molecule has 1 aromatic heterocycles. The standard InChI is InChI=1S/C31H40O8/c1-16(2)28(35)39-27-19-12-18-20(31(6,25(19)34)22(29(27,3)4)14-23(32)36-7)8-10-30(5)21(18)13-24(33)38-26(30)17-9-11-37-15-17/h9,11-12,15-16,19-22,26-27H,8,10,13-14H2,1-7H3. The first-order valence-electron chi connectivity index (χ1n) is 14.0. The number of furan rings is 1. The van der Waals surface area contributed by atoms with Crippen LogP contribution in [0, 0.1) is 45.8 Å². The summed E-state index contributed by atoms with van der Waals surface area (Å²) in [7, 11) is 1.35. The molecule has 0 amide bonds. The van der Waals surface area contributed by atoms with Crippen LogP contribution in [-0.2, 0) is 33.4 Å². The summed E-state index contributed by atoms with van der Waals surface area (Å²) in [6.45, 7) is 11.7. The lowest BCUT2D eigenvalue weighted by atomic mass is 9.40. The van der Waals surface area contributed by atoms with Crippen molar-refractivity contribution in [2.24, 2.45) is 45.8 Å². The predicted molar refractivity (Wildman–Crippen MR) is 140 cm³/mol. The maximum absolute atomic E-state index is 14.4. The molecule has 212 valence electrons. The highest BCUT2D eigenvalue weighted by Crippen LogP contribution is 2.68. The molecule has 3 aliphatic carbocycles. The van der Waals surface area contributed by atoms with Crippen LogP contribution in [0.5, 0.6) is 0 Å². The lowest BCUT2D eigenvalue weighted by molar-refractivity contribution is -0.198. The van der Waals surface area contributed by atoms with Crippen LogP contribution in [0.4, 0.5) is 0 Å². The van der Waals surface area contributed by atoms with Crippen LogP contribution in [-0.4, -0.2) is 36.9 Å². The maximum atomic E-state index is 14.4. The molecule has 39 heavy (non-hydrogen) atoms. The van der Waals surface area contributed by atoms with Gasteiger partial charge >= 0.3 is 17.9 Å². The molecule has 1 saturated heterocycles. The Hall–Kier alpha value is -2.90. The first-order chi connectivity index (χ1) is 18.3. The van der Waals surface area contributed by atoms with Crippen LogP contribution in [0.25, 0.3) is 0 Å². The van der Waals surface area contributed by atoms with Crippen molar-refractivity contribution in [3.63, 3.8) is 0 Å². The molecule has 3 fully saturated rings. The third-order valence-corrected chi connectivity index (χ3v) is 10.6. The zero-order valence-electron chi connectivity index (χ0n) is 23.9. The minimum absolute atomic E-state index is 0.000548. The van der Waals surface area contributed by atoms with Gasteiger partial charge in [0.25, 0.3) is 0 Å². The van der Waals surface area contributed by atoms with Crippen molar-refractivity contribution in [2.75, 3.05) is 7.11 Å². The second kappa shape index (κ2) is 9.34. The van der Waals surface area contributed by atoms with E-state index in [9.17, 15) is 19.2 Å². The summed E-state index contributed by atoms with van der Waals surface area (Å²) in [5, 5.41) is 0. The van der Waals surface area contributed by atoms with Crippen molar-refractivity contribution >= 4 is 23.7 Å².